The topological polar surface area (TPSA) is 18.5 Å². The maximum atomic E-state index is 6.02. The molecule has 0 saturated carbocycles. The van der Waals surface area contributed by atoms with Crippen molar-refractivity contribution in [1.82, 2.24) is 0 Å². The lowest BCUT2D eigenvalue weighted by atomic mass is 9.99. The molecule has 112 valence electrons. The first kappa shape index (κ1) is 16.9. The molecule has 0 spiro atoms. The van der Waals surface area contributed by atoms with E-state index in [4.69, 9.17) is 9.47 Å². The molecule has 1 rings (SSSR count). The van der Waals surface area contributed by atoms with Crippen LogP contribution in [0.15, 0.2) is 43.0 Å². The third kappa shape index (κ3) is 6.36. The zero-order valence-electron chi connectivity index (χ0n) is 13.0. The fourth-order valence-corrected chi connectivity index (χ4v) is 2.32. The molecule has 0 fully saturated rings. The van der Waals surface area contributed by atoms with Crippen molar-refractivity contribution in [2.45, 2.75) is 51.9 Å². The van der Waals surface area contributed by atoms with Gasteiger partial charge in [0.15, 0.2) is 0 Å². The Bertz CT molecular complexity index is 359. The standard InChI is InChI=1S/C18H28O2/c1-5-9-17(12-13-18(19-4)15(2)3)20-14-16-10-7-6-8-11-16/h5-8,10-11,15,17-18H,1,9,12-14H2,2-4H3/t17-,18-/m1/s1. The highest BCUT2D eigenvalue weighted by atomic mass is 16.5. The average molecular weight is 276 g/mol. The lowest BCUT2D eigenvalue weighted by molar-refractivity contribution is 0.00848. The summed E-state index contributed by atoms with van der Waals surface area (Å²) in [6.45, 7) is 8.88. The van der Waals surface area contributed by atoms with Crippen LogP contribution in [0.25, 0.3) is 0 Å². The highest BCUT2D eigenvalue weighted by Gasteiger charge is 2.15. The van der Waals surface area contributed by atoms with Gasteiger partial charge in [0.2, 0.25) is 0 Å². The summed E-state index contributed by atoms with van der Waals surface area (Å²) in [6, 6.07) is 10.3. The van der Waals surface area contributed by atoms with Crippen LogP contribution in [0.5, 0.6) is 0 Å². The number of rotatable bonds is 10. The Morgan fingerprint density at radius 3 is 2.40 bits per heavy atom. The Morgan fingerprint density at radius 2 is 1.85 bits per heavy atom. The van der Waals surface area contributed by atoms with Crippen LogP contribution in [0.4, 0.5) is 0 Å². The van der Waals surface area contributed by atoms with E-state index < -0.39 is 0 Å². The molecule has 0 radical (unpaired) electrons. The number of ether oxygens (including phenoxy) is 2. The van der Waals surface area contributed by atoms with Gasteiger partial charge in [-0.1, -0.05) is 50.3 Å². The smallest absolute Gasteiger partial charge is 0.0720 e. The third-order valence-corrected chi connectivity index (χ3v) is 3.58. The maximum Gasteiger partial charge on any atom is 0.0720 e. The summed E-state index contributed by atoms with van der Waals surface area (Å²) in [5.74, 6) is 0.540. The monoisotopic (exact) mass is 276 g/mol. The van der Waals surface area contributed by atoms with Crippen molar-refractivity contribution in [2.24, 2.45) is 5.92 Å². The summed E-state index contributed by atoms with van der Waals surface area (Å²) in [6.07, 6.45) is 5.40. The molecule has 0 aromatic heterocycles. The van der Waals surface area contributed by atoms with Crippen molar-refractivity contribution >= 4 is 0 Å². The molecule has 0 amide bonds. The summed E-state index contributed by atoms with van der Waals surface area (Å²) < 4.78 is 11.5. The summed E-state index contributed by atoms with van der Waals surface area (Å²) in [5.41, 5.74) is 1.22. The van der Waals surface area contributed by atoms with Crippen molar-refractivity contribution in [3.8, 4) is 0 Å². The SMILES string of the molecule is C=CC[C@H](CC[C@@H](OC)C(C)C)OCc1ccccc1. The molecule has 1 aromatic carbocycles. The van der Waals surface area contributed by atoms with E-state index in [1.54, 1.807) is 7.11 Å². The summed E-state index contributed by atoms with van der Waals surface area (Å²) >= 11 is 0. The molecule has 0 aliphatic rings. The molecule has 0 saturated heterocycles. The fourth-order valence-electron chi connectivity index (χ4n) is 2.32. The van der Waals surface area contributed by atoms with E-state index in [0.717, 1.165) is 19.3 Å². The molecule has 0 bridgehead atoms. The maximum absolute atomic E-state index is 6.02. The van der Waals surface area contributed by atoms with Crippen LogP contribution in [-0.4, -0.2) is 19.3 Å². The van der Waals surface area contributed by atoms with Crippen LogP contribution in [-0.2, 0) is 16.1 Å². The van der Waals surface area contributed by atoms with E-state index in [1.165, 1.54) is 5.56 Å². The highest BCUT2D eigenvalue weighted by Crippen LogP contribution is 2.17. The molecule has 0 aliphatic heterocycles. The first-order chi connectivity index (χ1) is 9.67. The van der Waals surface area contributed by atoms with Gasteiger partial charge in [-0.15, -0.1) is 6.58 Å². The Morgan fingerprint density at radius 1 is 1.15 bits per heavy atom. The van der Waals surface area contributed by atoms with E-state index in [0.29, 0.717) is 18.6 Å². The Labute approximate surface area is 123 Å². The second kappa shape index (κ2) is 9.73. The van der Waals surface area contributed by atoms with Crippen LogP contribution in [0.2, 0.25) is 0 Å². The largest absolute Gasteiger partial charge is 0.381 e. The minimum Gasteiger partial charge on any atom is -0.381 e. The molecule has 20 heavy (non-hydrogen) atoms. The predicted octanol–water partition coefficient (Wildman–Crippen LogP) is 4.60. The van der Waals surface area contributed by atoms with Gasteiger partial charge < -0.3 is 9.47 Å². The molecular formula is C18H28O2. The van der Waals surface area contributed by atoms with Crippen LogP contribution in [0.3, 0.4) is 0 Å². The first-order valence-electron chi connectivity index (χ1n) is 7.46. The quantitative estimate of drug-likeness (QED) is 0.581. The van der Waals surface area contributed by atoms with Gasteiger partial charge in [-0.25, -0.2) is 0 Å². The van der Waals surface area contributed by atoms with Crippen LogP contribution in [0.1, 0.15) is 38.7 Å². The van der Waals surface area contributed by atoms with Crippen molar-refractivity contribution in [3.05, 3.63) is 48.6 Å². The number of benzene rings is 1. The molecular weight excluding hydrogens is 248 g/mol. The fraction of sp³-hybridized carbons (Fsp3) is 0.556. The van der Waals surface area contributed by atoms with E-state index >= 15 is 0 Å². The van der Waals surface area contributed by atoms with Crippen molar-refractivity contribution in [3.63, 3.8) is 0 Å². The van der Waals surface area contributed by atoms with Crippen LogP contribution < -0.4 is 0 Å². The predicted molar refractivity (Wildman–Crippen MR) is 84.7 cm³/mol. The molecule has 2 heteroatoms. The van der Waals surface area contributed by atoms with E-state index in [9.17, 15) is 0 Å². The average Bonchev–Trinajstić information content (AvgIpc) is 2.46. The van der Waals surface area contributed by atoms with E-state index in [-0.39, 0.29) is 6.10 Å². The van der Waals surface area contributed by atoms with Crippen LogP contribution >= 0.6 is 0 Å². The van der Waals surface area contributed by atoms with Gasteiger partial charge >= 0.3 is 0 Å². The number of methoxy groups -OCH3 is 1. The van der Waals surface area contributed by atoms with E-state index in [1.807, 2.05) is 24.3 Å². The molecule has 1 aromatic rings. The molecule has 2 atom stereocenters. The summed E-state index contributed by atoms with van der Waals surface area (Å²) in [4.78, 5) is 0. The van der Waals surface area contributed by atoms with E-state index in [2.05, 4.69) is 32.6 Å². The Balaban J connectivity index is 2.41. The minimum atomic E-state index is 0.226. The van der Waals surface area contributed by atoms with Gasteiger partial charge in [0, 0.05) is 7.11 Å². The normalized spacial score (nSPS) is 14.2. The van der Waals surface area contributed by atoms with Gasteiger partial charge in [0.05, 0.1) is 18.8 Å². The Hall–Kier alpha value is -1.12. The first-order valence-corrected chi connectivity index (χ1v) is 7.46. The summed E-state index contributed by atoms with van der Waals surface area (Å²) in [7, 11) is 1.79. The third-order valence-electron chi connectivity index (χ3n) is 3.58. The molecule has 0 aliphatic carbocycles. The van der Waals surface area contributed by atoms with Gasteiger partial charge in [-0.05, 0) is 30.7 Å². The van der Waals surface area contributed by atoms with Gasteiger partial charge in [0.25, 0.3) is 0 Å². The lowest BCUT2D eigenvalue weighted by Gasteiger charge is -2.22. The second-order valence-corrected chi connectivity index (χ2v) is 5.54. The zero-order valence-corrected chi connectivity index (χ0v) is 13.0. The molecule has 2 nitrogen and oxygen atoms in total. The van der Waals surface area contributed by atoms with Crippen LogP contribution in [0, 0.1) is 5.92 Å². The zero-order chi connectivity index (χ0) is 14.8. The minimum absolute atomic E-state index is 0.226. The highest BCUT2D eigenvalue weighted by molar-refractivity contribution is 5.13. The molecule has 0 unspecified atom stereocenters. The lowest BCUT2D eigenvalue weighted by Crippen LogP contribution is -2.21. The van der Waals surface area contributed by atoms with Crippen molar-refractivity contribution in [1.29, 1.82) is 0 Å². The molecule has 0 heterocycles. The van der Waals surface area contributed by atoms with Gasteiger partial charge in [-0.3, -0.25) is 0 Å². The van der Waals surface area contributed by atoms with Crippen molar-refractivity contribution in [2.75, 3.05) is 7.11 Å². The number of hydrogen-bond acceptors (Lipinski definition) is 2. The van der Waals surface area contributed by atoms with Crippen molar-refractivity contribution < 1.29 is 9.47 Å². The Kier molecular flexibility index (Phi) is 8.24. The van der Waals surface area contributed by atoms with Gasteiger partial charge in [-0.2, -0.15) is 0 Å². The van der Waals surface area contributed by atoms with Gasteiger partial charge in [0.1, 0.15) is 0 Å². The number of hydrogen-bond donors (Lipinski definition) is 0. The summed E-state index contributed by atoms with van der Waals surface area (Å²) in [5, 5.41) is 0. The molecule has 0 N–H and O–H groups in total. The second-order valence-electron chi connectivity index (χ2n) is 5.54.